The number of aromatic nitrogens is 2. The van der Waals surface area contributed by atoms with E-state index < -0.39 is 0 Å². The zero-order valence-corrected chi connectivity index (χ0v) is 22.6. The highest BCUT2D eigenvalue weighted by Gasteiger charge is 2.26. The predicted octanol–water partition coefficient (Wildman–Crippen LogP) is 6.93. The third-order valence-corrected chi connectivity index (χ3v) is 7.61. The highest BCUT2D eigenvalue weighted by molar-refractivity contribution is 5.68. The van der Waals surface area contributed by atoms with Gasteiger partial charge in [-0.3, -0.25) is 4.90 Å². The fraction of sp³-hybridized carbons (Fsp3) is 0.484. The van der Waals surface area contributed by atoms with Crippen LogP contribution in [0.15, 0.2) is 42.5 Å². The molecule has 0 aliphatic heterocycles. The van der Waals surface area contributed by atoms with Crippen molar-refractivity contribution in [1.29, 1.82) is 0 Å². The second-order valence-corrected chi connectivity index (χ2v) is 10.0. The van der Waals surface area contributed by atoms with Crippen LogP contribution in [0.5, 0.6) is 0 Å². The number of hydrogen-bond acceptors (Lipinski definition) is 4. The first-order valence-corrected chi connectivity index (χ1v) is 13.5. The number of rotatable bonds is 9. The van der Waals surface area contributed by atoms with Gasteiger partial charge in [-0.15, -0.1) is 0 Å². The minimum Gasteiger partial charge on any atom is -0.359 e. The predicted molar refractivity (Wildman–Crippen MR) is 148 cm³/mol. The van der Waals surface area contributed by atoms with Crippen LogP contribution in [0, 0.1) is 6.92 Å². The van der Waals surface area contributed by atoms with Crippen LogP contribution in [0.25, 0.3) is 11.4 Å². The first-order chi connectivity index (χ1) is 17.0. The number of benzene rings is 2. The van der Waals surface area contributed by atoms with E-state index in [1.165, 1.54) is 52.6 Å². The van der Waals surface area contributed by atoms with Crippen LogP contribution in [-0.2, 0) is 25.8 Å². The summed E-state index contributed by atoms with van der Waals surface area (Å²) >= 11 is 0. The Bertz CT molecular complexity index is 1130. The van der Waals surface area contributed by atoms with Crippen molar-refractivity contribution in [2.75, 3.05) is 25.5 Å². The number of hydrogen-bond donors (Lipinski definition) is 0. The Hall–Kier alpha value is -2.72. The van der Waals surface area contributed by atoms with Crippen molar-refractivity contribution in [1.82, 2.24) is 14.9 Å². The maximum absolute atomic E-state index is 5.27. The summed E-state index contributed by atoms with van der Waals surface area (Å²) in [5.41, 5.74) is 9.23. The van der Waals surface area contributed by atoms with Gasteiger partial charge in [-0.25, -0.2) is 9.97 Å². The highest BCUT2D eigenvalue weighted by Crippen LogP contribution is 2.36. The first-order valence-electron chi connectivity index (χ1n) is 13.5. The van der Waals surface area contributed by atoms with E-state index in [4.69, 9.17) is 9.97 Å². The molecule has 1 aromatic heterocycles. The van der Waals surface area contributed by atoms with Gasteiger partial charge in [-0.1, -0.05) is 63.2 Å². The third-order valence-electron chi connectivity index (χ3n) is 7.61. The van der Waals surface area contributed by atoms with Crippen molar-refractivity contribution in [3.05, 3.63) is 76.0 Å². The van der Waals surface area contributed by atoms with Crippen LogP contribution in [-0.4, -0.2) is 35.5 Å². The zero-order valence-electron chi connectivity index (χ0n) is 22.6. The Morgan fingerprint density at radius 2 is 1.63 bits per heavy atom. The second-order valence-electron chi connectivity index (χ2n) is 10.0. The van der Waals surface area contributed by atoms with Gasteiger partial charge in [-0.05, 0) is 74.8 Å². The molecule has 1 aliphatic carbocycles. The van der Waals surface area contributed by atoms with E-state index in [0.717, 1.165) is 49.7 Å². The monoisotopic (exact) mass is 470 g/mol. The maximum atomic E-state index is 5.27. The molecule has 0 radical (unpaired) electrons. The smallest absolute Gasteiger partial charge is 0.162 e. The molecule has 4 nitrogen and oxygen atoms in total. The summed E-state index contributed by atoms with van der Waals surface area (Å²) in [7, 11) is 4.45. The first kappa shape index (κ1) is 25.4. The van der Waals surface area contributed by atoms with Crippen molar-refractivity contribution in [3.63, 3.8) is 0 Å². The molecular formula is C31H42N4. The summed E-state index contributed by atoms with van der Waals surface area (Å²) in [5.74, 6) is 1.96. The van der Waals surface area contributed by atoms with Gasteiger partial charge in [-0.2, -0.15) is 0 Å². The average Bonchev–Trinajstić information content (AvgIpc) is 2.88. The van der Waals surface area contributed by atoms with Crippen molar-refractivity contribution in [2.24, 2.45) is 0 Å². The highest BCUT2D eigenvalue weighted by atomic mass is 15.2. The molecule has 3 aromatic rings. The summed E-state index contributed by atoms with van der Waals surface area (Å²) in [4.78, 5) is 15.3. The summed E-state index contributed by atoms with van der Waals surface area (Å²) in [6.45, 7) is 10.7. The third kappa shape index (κ3) is 5.28. The minimum absolute atomic E-state index is 0.441. The molecule has 0 unspecified atom stereocenters. The van der Waals surface area contributed by atoms with Gasteiger partial charge in [0.15, 0.2) is 5.82 Å². The molecule has 0 fully saturated rings. The van der Waals surface area contributed by atoms with Gasteiger partial charge in [0, 0.05) is 43.0 Å². The molecule has 4 rings (SSSR count). The topological polar surface area (TPSA) is 32.3 Å². The molecule has 0 amide bonds. The molecular weight excluding hydrogens is 428 g/mol. The molecule has 186 valence electrons. The molecule has 4 heteroatoms. The average molecular weight is 471 g/mol. The minimum atomic E-state index is 0.441. The van der Waals surface area contributed by atoms with Crippen molar-refractivity contribution in [3.8, 4) is 11.4 Å². The van der Waals surface area contributed by atoms with Crippen molar-refractivity contribution < 1.29 is 0 Å². The van der Waals surface area contributed by atoms with E-state index in [1.54, 1.807) is 0 Å². The molecule has 0 N–H and O–H groups in total. The lowest BCUT2D eigenvalue weighted by atomic mass is 9.87. The zero-order chi connectivity index (χ0) is 24.9. The van der Waals surface area contributed by atoms with E-state index in [1.807, 2.05) is 0 Å². The van der Waals surface area contributed by atoms with E-state index in [9.17, 15) is 0 Å². The van der Waals surface area contributed by atoms with E-state index in [2.05, 4.69) is 94.1 Å². The lowest BCUT2D eigenvalue weighted by Gasteiger charge is -2.34. The molecule has 0 bridgehead atoms. The lowest BCUT2D eigenvalue weighted by molar-refractivity contribution is 0.212. The summed E-state index contributed by atoms with van der Waals surface area (Å²) in [5, 5.41) is 0. The van der Waals surface area contributed by atoms with E-state index in [0.29, 0.717) is 6.04 Å². The van der Waals surface area contributed by atoms with Gasteiger partial charge >= 0.3 is 0 Å². The number of nitrogens with zero attached hydrogens (tertiary/aromatic N) is 4. The van der Waals surface area contributed by atoms with Gasteiger partial charge < -0.3 is 4.90 Å². The van der Waals surface area contributed by atoms with Crippen molar-refractivity contribution in [2.45, 2.75) is 78.8 Å². The lowest BCUT2D eigenvalue weighted by Crippen LogP contribution is -2.30. The van der Waals surface area contributed by atoms with Gasteiger partial charge in [0.2, 0.25) is 0 Å². The molecule has 35 heavy (non-hydrogen) atoms. The van der Waals surface area contributed by atoms with Gasteiger partial charge in [0.1, 0.15) is 5.82 Å². The molecule has 0 spiro atoms. The Labute approximate surface area is 212 Å². The molecule has 1 atom stereocenters. The van der Waals surface area contributed by atoms with E-state index >= 15 is 0 Å². The van der Waals surface area contributed by atoms with Crippen LogP contribution in [0.4, 0.5) is 5.82 Å². The second kappa shape index (κ2) is 11.3. The van der Waals surface area contributed by atoms with Crippen LogP contribution in [0.3, 0.4) is 0 Å². The van der Waals surface area contributed by atoms with Crippen LogP contribution >= 0.6 is 0 Å². The SMILES string of the molecule is CCCN(C)c1nc(-c2c(CC)cccc2CC)nc(C)c1CN(C)[C@H]1CCCc2ccccc21. The Morgan fingerprint density at radius 1 is 0.914 bits per heavy atom. The molecule has 0 saturated carbocycles. The molecule has 0 saturated heterocycles. The molecule has 2 aromatic carbocycles. The largest absolute Gasteiger partial charge is 0.359 e. The van der Waals surface area contributed by atoms with Crippen molar-refractivity contribution >= 4 is 5.82 Å². The van der Waals surface area contributed by atoms with Gasteiger partial charge in [0.25, 0.3) is 0 Å². The fourth-order valence-electron chi connectivity index (χ4n) is 5.71. The van der Waals surface area contributed by atoms with Crippen LogP contribution < -0.4 is 4.90 Å². The quantitative estimate of drug-likeness (QED) is 0.339. The summed E-state index contributed by atoms with van der Waals surface area (Å²) < 4.78 is 0. The standard InChI is InChI=1S/C31H42N4/c1-7-20-34(5)31-27(21-35(6)28-19-13-17-25-14-10-11-18-26(25)28)22(4)32-30(33-31)29-23(8-2)15-12-16-24(29)9-3/h10-12,14-16,18,28H,7-9,13,17,19-21H2,1-6H3/t28-/m0/s1. The number of anilines is 1. The number of fused-ring (bicyclic) bond motifs is 1. The fourth-order valence-corrected chi connectivity index (χ4v) is 5.71. The normalized spacial score (nSPS) is 15.3. The Morgan fingerprint density at radius 3 is 2.31 bits per heavy atom. The summed E-state index contributed by atoms with van der Waals surface area (Å²) in [6.07, 6.45) is 6.70. The summed E-state index contributed by atoms with van der Waals surface area (Å²) in [6, 6.07) is 16.0. The Balaban J connectivity index is 1.76. The van der Waals surface area contributed by atoms with Crippen LogP contribution in [0.2, 0.25) is 0 Å². The molecule has 1 heterocycles. The van der Waals surface area contributed by atoms with E-state index in [-0.39, 0.29) is 0 Å². The van der Waals surface area contributed by atoms with Crippen LogP contribution in [0.1, 0.15) is 79.6 Å². The molecule has 1 aliphatic rings. The maximum Gasteiger partial charge on any atom is 0.162 e. The Kier molecular flexibility index (Phi) is 8.22. The number of aryl methyl sites for hydroxylation is 4. The van der Waals surface area contributed by atoms with Gasteiger partial charge in [0.05, 0.1) is 0 Å².